The van der Waals surface area contributed by atoms with Gasteiger partial charge in [-0.3, -0.25) is 14.6 Å². The van der Waals surface area contributed by atoms with Gasteiger partial charge in [0.2, 0.25) is 5.95 Å². The van der Waals surface area contributed by atoms with Crippen molar-refractivity contribution < 1.29 is 9.90 Å². The molecule has 7 heteroatoms. The lowest BCUT2D eigenvalue weighted by Crippen LogP contribution is -2.30. The number of H-pyrrole nitrogens is 1. The van der Waals surface area contributed by atoms with Crippen LogP contribution in [0.25, 0.3) is 0 Å². The number of hydrogen-bond acceptors (Lipinski definition) is 5. The summed E-state index contributed by atoms with van der Waals surface area (Å²) in [6, 6.07) is 0.548. The van der Waals surface area contributed by atoms with E-state index in [-0.39, 0.29) is 5.56 Å². The molecule has 0 aliphatic carbocycles. The average molecular weight is 240 g/mol. The Hall–Kier alpha value is -1.89. The molecule has 94 valence electrons. The molecule has 0 aliphatic heterocycles. The first-order valence-corrected chi connectivity index (χ1v) is 5.29. The van der Waals surface area contributed by atoms with Crippen LogP contribution in [0.2, 0.25) is 0 Å². The number of aromatic amines is 1. The van der Waals surface area contributed by atoms with E-state index >= 15 is 0 Å². The second-order valence-electron chi connectivity index (χ2n) is 3.75. The van der Waals surface area contributed by atoms with E-state index in [1.165, 1.54) is 6.07 Å². The van der Waals surface area contributed by atoms with Crippen LogP contribution in [0.1, 0.15) is 18.5 Å². The molecule has 1 atom stereocenters. The van der Waals surface area contributed by atoms with Crippen LogP contribution in [0.15, 0.2) is 10.9 Å². The fourth-order valence-electron chi connectivity index (χ4n) is 1.32. The summed E-state index contributed by atoms with van der Waals surface area (Å²) in [5.74, 6) is -0.619. The number of nitrogens with zero attached hydrogens (tertiary/aromatic N) is 1. The zero-order valence-electron chi connectivity index (χ0n) is 9.56. The minimum Gasteiger partial charge on any atom is -0.480 e. The molecule has 0 saturated carbocycles. The molecule has 0 saturated heterocycles. The second kappa shape index (κ2) is 6.00. The molecule has 0 aromatic carbocycles. The molecular formula is C10H16N4O3. The van der Waals surface area contributed by atoms with Crippen molar-refractivity contribution in [1.29, 1.82) is 0 Å². The zero-order chi connectivity index (χ0) is 12.8. The number of rotatable bonds is 6. The van der Waals surface area contributed by atoms with Gasteiger partial charge in [0.15, 0.2) is 0 Å². The van der Waals surface area contributed by atoms with E-state index in [1.54, 1.807) is 6.92 Å². The summed E-state index contributed by atoms with van der Waals surface area (Å²) in [5, 5.41) is 11.5. The Labute approximate surface area is 98.1 Å². The van der Waals surface area contributed by atoms with Crippen molar-refractivity contribution in [2.75, 3.05) is 11.9 Å². The van der Waals surface area contributed by atoms with Crippen molar-refractivity contribution in [2.45, 2.75) is 25.8 Å². The molecule has 0 bridgehead atoms. The summed E-state index contributed by atoms with van der Waals surface area (Å²) >= 11 is 0. The lowest BCUT2D eigenvalue weighted by atomic mass is 10.2. The van der Waals surface area contributed by atoms with Gasteiger partial charge in [0.05, 0.1) is 0 Å². The maximum Gasteiger partial charge on any atom is 0.320 e. The monoisotopic (exact) mass is 240 g/mol. The third kappa shape index (κ3) is 4.64. The number of carboxylic acids is 1. The van der Waals surface area contributed by atoms with Crippen molar-refractivity contribution in [3.8, 4) is 0 Å². The van der Waals surface area contributed by atoms with Gasteiger partial charge in [0, 0.05) is 18.3 Å². The number of nitrogens with two attached hydrogens (primary N) is 1. The summed E-state index contributed by atoms with van der Waals surface area (Å²) in [4.78, 5) is 28.2. The number of aliphatic carboxylic acids is 1. The quantitative estimate of drug-likeness (QED) is 0.506. The lowest BCUT2D eigenvalue weighted by molar-refractivity contribution is -0.138. The number of nitrogens with one attached hydrogen (secondary N) is 2. The number of hydrogen-bond donors (Lipinski definition) is 4. The van der Waals surface area contributed by atoms with Crippen molar-refractivity contribution in [3.63, 3.8) is 0 Å². The van der Waals surface area contributed by atoms with E-state index in [0.717, 1.165) is 0 Å². The Bertz CT molecular complexity index is 443. The van der Waals surface area contributed by atoms with Crippen LogP contribution in [0.5, 0.6) is 0 Å². The van der Waals surface area contributed by atoms with Gasteiger partial charge in [0.1, 0.15) is 6.04 Å². The van der Waals surface area contributed by atoms with E-state index in [0.29, 0.717) is 31.0 Å². The number of aromatic nitrogens is 2. The molecular weight excluding hydrogens is 224 g/mol. The Morgan fingerprint density at radius 3 is 3.00 bits per heavy atom. The average Bonchev–Trinajstić information content (AvgIpc) is 2.22. The molecule has 0 amide bonds. The predicted molar refractivity (Wildman–Crippen MR) is 62.9 cm³/mol. The highest BCUT2D eigenvalue weighted by Crippen LogP contribution is 1.98. The van der Waals surface area contributed by atoms with Crippen LogP contribution < -0.4 is 16.6 Å². The van der Waals surface area contributed by atoms with Gasteiger partial charge in [-0.2, -0.15) is 0 Å². The predicted octanol–water partition coefficient (Wildman–Crippen LogP) is -0.318. The normalized spacial score (nSPS) is 12.1. The third-order valence-electron chi connectivity index (χ3n) is 2.17. The van der Waals surface area contributed by atoms with Crippen LogP contribution in [0.4, 0.5) is 5.95 Å². The molecule has 1 heterocycles. The summed E-state index contributed by atoms with van der Waals surface area (Å²) in [6.07, 6.45) is 0.962. The van der Waals surface area contributed by atoms with Crippen molar-refractivity contribution in [2.24, 2.45) is 5.73 Å². The smallest absolute Gasteiger partial charge is 0.320 e. The minimum atomic E-state index is -1.01. The first-order valence-electron chi connectivity index (χ1n) is 5.29. The summed E-state index contributed by atoms with van der Waals surface area (Å²) in [5.41, 5.74) is 5.75. The van der Waals surface area contributed by atoms with Gasteiger partial charge in [-0.15, -0.1) is 0 Å². The molecule has 1 aromatic rings. The van der Waals surface area contributed by atoms with Crippen LogP contribution in [0, 0.1) is 6.92 Å². The zero-order valence-corrected chi connectivity index (χ0v) is 9.56. The molecule has 0 radical (unpaired) electrons. The largest absolute Gasteiger partial charge is 0.480 e. The highest BCUT2D eigenvalue weighted by Gasteiger charge is 2.09. The summed E-state index contributed by atoms with van der Waals surface area (Å²) in [6.45, 7) is 2.23. The second-order valence-corrected chi connectivity index (χ2v) is 3.75. The lowest BCUT2D eigenvalue weighted by Gasteiger charge is -2.07. The van der Waals surface area contributed by atoms with Gasteiger partial charge >= 0.3 is 5.97 Å². The van der Waals surface area contributed by atoms with Gasteiger partial charge in [0.25, 0.3) is 5.56 Å². The van der Waals surface area contributed by atoms with Crippen LogP contribution in [0.3, 0.4) is 0 Å². The Kier molecular flexibility index (Phi) is 4.65. The van der Waals surface area contributed by atoms with Gasteiger partial charge in [-0.1, -0.05) is 0 Å². The Morgan fingerprint density at radius 2 is 2.41 bits per heavy atom. The van der Waals surface area contributed by atoms with Gasteiger partial charge in [-0.05, 0) is 19.8 Å². The third-order valence-corrected chi connectivity index (χ3v) is 2.17. The fourth-order valence-corrected chi connectivity index (χ4v) is 1.32. The Balaban J connectivity index is 2.36. The molecule has 5 N–H and O–H groups in total. The minimum absolute atomic E-state index is 0.220. The van der Waals surface area contributed by atoms with E-state index in [2.05, 4.69) is 15.3 Å². The van der Waals surface area contributed by atoms with E-state index in [9.17, 15) is 9.59 Å². The number of aryl methyl sites for hydroxylation is 1. The number of carbonyl (C=O) groups is 1. The SMILES string of the molecule is Cc1cc(=O)[nH]c(NCCC[C@@H](N)C(=O)O)n1. The van der Waals surface area contributed by atoms with E-state index < -0.39 is 12.0 Å². The molecule has 0 unspecified atom stereocenters. The van der Waals surface area contributed by atoms with Crippen molar-refractivity contribution in [3.05, 3.63) is 22.1 Å². The fraction of sp³-hybridized carbons (Fsp3) is 0.500. The van der Waals surface area contributed by atoms with E-state index in [1.807, 2.05) is 0 Å². The molecule has 0 spiro atoms. The maximum atomic E-state index is 11.1. The maximum absolute atomic E-state index is 11.1. The topological polar surface area (TPSA) is 121 Å². The van der Waals surface area contributed by atoms with Crippen LogP contribution in [-0.4, -0.2) is 33.6 Å². The van der Waals surface area contributed by atoms with Crippen molar-refractivity contribution >= 4 is 11.9 Å². The number of anilines is 1. The molecule has 0 fully saturated rings. The molecule has 17 heavy (non-hydrogen) atoms. The molecule has 1 rings (SSSR count). The molecule has 7 nitrogen and oxygen atoms in total. The highest BCUT2D eigenvalue weighted by molar-refractivity contribution is 5.72. The summed E-state index contributed by atoms with van der Waals surface area (Å²) in [7, 11) is 0. The van der Waals surface area contributed by atoms with Crippen molar-refractivity contribution in [1.82, 2.24) is 9.97 Å². The van der Waals surface area contributed by atoms with E-state index in [4.69, 9.17) is 10.8 Å². The first kappa shape index (κ1) is 13.2. The van der Waals surface area contributed by atoms with Crippen LogP contribution >= 0.6 is 0 Å². The molecule has 0 aliphatic rings. The number of carboxylic acid groups (broad SMARTS) is 1. The first-order chi connectivity index (χ1) is 7.99. The standard InChI is InChI=1S/C10H16N4O3/c1-6-5-8(15)14-10(13-6)12-4-2-3-7(11)9(16)17/h5,7H,2-4,11H2,1H3,(H,16,17)(H2,12,13,14,15)/t7-/m1/s1. The highest BCUT2D eigenvalue weighted by atomic mass is 16.4. The summed E-state index contributed by atoms with van der Waals surface area (Å²) < 4.78 is 0. The van der Waals surface area contributed by atoms with Gasteiger partial charge in [-0.25, -0.2) is 4.98 Å². The van der Waals surface area contributed by atoms with Crippen LogP contribution in [-0.2, 0) is 4.79 Å². The molecule has 1 aromatic heterocycles. The Morgan fingerprint density at radius 1 is 1.71 bits per heavy atom. The van der Waals surface area contributed by atoms with Gasteiger partial charge < -0.3 is 16.2 Å².